The Kier molecular flexibility index (Phi) is 4.53. The molecule has 4 rings (SSSR count). The summed E-state index contributed by atoms with van der Waals surface area (Å²) >= 11 is 5.88. The normalized spacial score (nSPS) is 11.3. The summed E-state index contributed by atoms with van der Waals surface area (Å²) in [5.41, 5.74) is 2.96. The average Bonchev–Trinajstić information content (AvgIpc) is 3.26. The lowest BCUT2D eigenvalue weighted by Gasteiger charge is -2.05. The third-order valence-corrected chi connectivity index (χ3v) is 4.50. The summed E-state index contributed by atoms with van der Waals surface area (Å²) < 4.78 is 42.0. The van der Waals surface area contributed by atoms with E-state index in [1.54, 1.807) is 22.7 Å². The second-order valence-corrected chi connectivity index (χ2v) is 6.44. The topological polar surface area (TPSA) is 58.9 Å². The van der Waals surface area contributed by atoms with Crippen molar-refractivity contribution in [3.63, 3.8) is 0 Å². The molecule has 0 aliphatic rings. The number of hydrogen-bond acceptors (Lipinski definition) is 3. The number of nitrogens with zero attached hydrogens (tertiary/aromatic N) is 5. The van der Waals surface area contributed by atoms with E-state index in [0.29, 0.717) is 33.7 Å². The van der Waals surface area contributed by atoms with Gasteiger partial charge in [-0.05, 0) is 30.3 Å². The van der Waals surface area contributed by atoms with Crippen LogP contribution in [0.1, 0.15) is 5.69 Å². The molecule has 9 heteroatoms. The van der Waals surface area contributed by atoms with E-state index in [2.05, 4.69) is 10.1 Å². The van der Waals surface area contributed by atoms with Crippen LogP contribution in [0.5, 0.6) is 0 Å². The molecule has 0 saturated carbocycles. The van der Waals surface area contributed by atoms with Crippen LogP contribution in [0.4, 0.5) is 13.2 Å². The van der Waals surface area contributed by atoms with Crippen molar-refractivity contribution in [3.8, 4) is 28.5 Å². The minimum Gasteiger partial charge on any atom is -0.291 e. The molecule has 140 valence electrons. The summed E-state index contributed by atoms with van der Waals surface area (Å²) in [6, 6.07) is 9.58. The van der Waals surface area contributed by atoms with Crippen molar-refractivity contribution in [3.05, 3.63) is 65.5 Å². The minimum absolute atomic E-state index is 0.0938. The lowest BCUT2D eigenvalue weighted by atomic mass is 10.0. The fourth-order valence-electron chi connectivity index (χ4n) is 2.95. The van der Waals surface area contributed by atoms with Gasteiger partial charge < -0.3 is 0 Å². The van der Waals surface area contributed by atoms with Gasteiger partial charge in [0.1, 0.15) is 35.5 Å². The molecule has 0 aliphatic heterocycles. The first-order chi connectivity index (χ1) is 13.5. The highest BCUT2D eigenvalue weighted by Crippen LogP contribution is 2.33. The van der Waals surface area contributed by atoms with Crippen molar-refractivity contribution in [2.45, 2.75) is 13.0 Å². The van der Waals surface area contributed by atoms with E-state index in [-0.39, 0.29) is 5.02 Å². The van der Waals surface area contributed by atoms with E-state index in [0.717, 1.165) is 4.68 Å². The van der Waals surface area contributed by atoms with Crippen LogP contribution in [0.3, 0.4) is 0 Å². The van der Waals surface area contributed by atoms with Crippen molar-refractivity contribution < 1.29 is 13.2 Å². The molecule has 4 aromatic rings. The van der Waals surface area contributed by atoms with Gasteiger partial charge in [-0.25, -0.2) is 18.2 Å². The van der Waals surface area contributed by atoms with Gasteiger partial charge in [0.25, 0.3) is 6.43 Å². The molecule has 28 heavy (non-hydrogen) atoms. The van der Waals surface area contributed by atoms with Gasteiger partial charge in [0.15, 0.2) is 0 Å². The van der Waals surface area contributed by atoms with Crippen LogP contribution in [-0.4, -0.2) is 25.6 Å². The van der Waals surface area contributed by atoms with Gasteiger partial charge in [-0.3, -0.25) is 9.08 Å². The SMILES string of the molecule is N#Cc1cnc2ccc(-c3cn(CC(F)F)nc3-c3ccc(F)c(Cl)c3)cn12. The van der Waals surface area contributed by atoms with Crippen LogP contribution in [-0.2, 0) is 6.54 Å². The number of alkyl halides is 2. The van der Waals surface area contributed by atoms with Crippen molar-refractivity contribution >= 4 is 17.2 Å². The highest BCUT2D eigenvalue weighted by Gasteiger charge is 2.17. The zero-order chi connectivity index (χ0) is 19.8. The third kappa shape index (κ3) is 3.21. The lowest BCUT2D eigenvalue weighted by molar-refractivity contribution is 0.122. The maximum absolute atomic E-state index is 13.5. The molecule has 0 radical (unpaired) electrons. The van der Waals surface area contributed by atoms with Crippen molar-refractivity contribution in [1.29, 1.82) is 5.26 Å². The summed E-state index contributed by atoms with van der Waals surface area (Å²) in [4.78, 5) is 4.13. The van der Waals surface area contributed by atoms with Gasteiger partial charge in [0, 0.05) is 29.1 Å². The number of benzene rings is 1. The van der Waals surface area contributed by atoms with E-state index in [1.165, 1.54) is 30.6 Å². The summed E-state index contributed by atoms with van der Waals surface area (Å²) in [6.45, 7) is -0.585. The number of rotatable bonds is 4. The van der Waals surface area contributed by atoms with Gasteiger partial charge in [-0.15, -0.1) is 0 Å². The van der Waals surface area contributed by atoms with Crippen LogP contribution in [0.15, 0.2) is 48.9 Å². The van der Waals surface area contributed by atoms with Crippen molar-refractivity contribution in [2.75, 3.05) is 0 Å². The monoisotopic (exact) mass is 401 g/mol. The number of fused-ring (bicyclic) bond motifs is 1. The standard InChI is InChI=1S/C19H11ClF3N5/c20-15-5-11(1-3-16(15)21)19-14(9-27(26-19)10-17(22)23)12-2-4-18-25-7-13(6-24)28(18)8-12/h1-5,7-9,17H,10H2. The molecular weight excluding hydrogens is 391 g/mol. The molecule has 0 unspecified atom stereocenters. The second kappa shape index (κ2) is 7.02. The summed E-state index contributed by atoms with van der Waals surface area (Å²) in [5.74, 6) is -0.586. The highest BCUT2D eigenvalue weighted by molar-refractivity contribution is 6.31. The summed E-state index contributed by atoms with van der Waals surface area (Å²) in [6.07, 6.45) is 2.03. The Bertz CT molecular complexity index is 1220. The molecule has 5 nitrogen and oxygen atoms in total. The molecule has 3 aromatic heterocycles. The Balaban J connectivity index is 1.91. The van der Waals surface area contributed by atoms with Gasteiger partial charge in [0.05, 0.1) is 11.2 Å². The Morgan fingerprint density at radius 2 is 1.93 bits per heavy atom. The number of aromatic nitrogens is 4. The predicted molar refractivity (Wildman–Crippen MR) is 97.5 cm³/mol. The van der Waals surface area contributed by atoms with Crippen LogP contribution in [0.25, 0.3) is 28.0 Å². The van der Waals surface area contributed by atoms with Crippen LogP contribution in [0, 0.1) is 17.1 Å². The maximum Gasteiger partial charge on any atom is 0.257 e. The van der Waals surface area contributed by atoms with Crippen molar-refractivity contribution in [2.24, 2.45) is 0 Å². The Labute approximate surface area is 162 Å². The first-order valence-corrected chi connectivity index (χ1v) is 8.52. The quantitative estimate of drug-likeness (QED) is 0.494. The molecule has 0 N–H and O–H groups in total. The zero-order valence-electron chi connectivity index (χ0n) is 14.2. The number of halogens is 4. The Hall–Kier alpha value is -3.31. The predicted octanol–water partition coefficient (Wildman–Crippen LogP) is 4.79. The van der Waals surface area contributed by atoms with Crippen LogP contribution in [0.2, 0.25) is 5.02 Å². The molecule has 0 spiro atoms. The van der Waals surface area contributed by atoms with E-state index in [4.69, 9.17) is 11.6 Å². The molecule has 0 atom stereocenters. The fourth-order valence-corrected chi connectivity index (χ4v) is 3.13. The smallest absolute Gasteiger partial charge is 0.257 e. The Morgan fingerprint density at radius 1 is 1.14 bits per heavy atom. The number of pyridine rings is 1. The lowest BCUT2D eigenvalue weighted by Crippen LogP contribution is -2.06. The maximum atomic E-state index is 13.5. The number of nitriles is 1. The first-order valence-electron chi connectivity index (χ1n) is 8.15. The zero-order valence-corrected chi connectivity index (χ0v) is 14.9. The summed E-state index contributed by atoms with van der Waals surface area (Å²) in [5, 5.41) is 13.4. The first kappa shape index (κ1) is 18.1. The average molecular weight is 402 g/mol. The second-order valence-electron chi connectivity index (χ2n) is 6.03. The van der Waals surface area contributed by atoms with E-state index in [9.17, 15) is 18.4 Å². The summed E-state index contributed by atoms with van der Waals surface area (Å²) in [7, 11) is 0. The molecule has 0 saturated heterocycles. The fraction of sp³-hybridized carbons (Fsp3) is 0.105. The number of hydrogen-bond donors (Lipinski definition) is 0. The Morgan fingerprint density at radius 3 is 2.64 bits per heavy atom. The minimum atomic E-state index is -2.58. The molecule has 1 aromatic carbocycles. The molecule has 0 fully saturated rings. The number of imidazole rings is 1. The van der Waals surface area contributed by atoms with E-state index in [1.807, 2.05) is 6.07 Å². The van der Waals surface area contributed by atoms with Gasteiger partial charge in [-0.2, -0.15) is 10.4 Å². The third-order valence-electron chi connectivity index (χ3n) is 4.21. The molecule has 3 heterocycles. The molecule has 0 amide bonds. The van der Waals surface area contributed by atoms with E-state index >= 15 is 0 Å². The molecule has 0 bridgehead atoms. The highest BCUT2D eigenvalue weighted by atomic mass is 35.5. The van der Waals surface area contributed by atoms with Crippen LogP contribution >= 0.6 is 11.6 Å². The van der Waals surface area contributed by atoms with Gasteiger partial charge >= 0.3 is 0 Å². The van der Waals surface area contributed by atoms with E-state index < -0.39 is 18.8 Å². The van der Waals surface area contributed by atoms with Gasteiger partial charge in [0.2, 0.25) is 0 Å². The van der Waals surface area contributed by atoms with Crippen LogP contribution < -0.4 is 0 Å². The molecular formula is C19H11ClF3N5. The van der Waals surface area contributed by atoms with Gasteiger partial charge in [-0.1, -0.05) is 11.6 Å². The molecule has 0 aliphatic carbocycles. The van der Waals surface area contributed by atoms with Crippen molar-refractivity contribution in [1.82, 2.24) is 19.2 Å². The largest absolute Gasteiger partial charge is 0.291 e.